The normalized spacial score (nSPS) is 9.30. The van der Waals surface area contributed by atoms with E-state index in [0.717, 1.165) is 0 Å². The lowest BCUT2D eigenvalue weighted by Gasteiger charge is -1.79. The van der Waals surface area contributed by atoms with Gasteiger partial charge in [0, 0.05) is 12.3 Å². The molecule has 0 aliphatic heterocycles. The minimum absolute atomic E-state index is 0.107. The number of Topliss-reactive ketones (excluding diaryl/α,β-unsaturated/α-hetero) is 1. The summed E-state index contributed by atoms with van der Waals surface area (Å²) in [7, 11) is 0. The summed E-state index contributed by atoms with van der Waals surface area (Å²) >= 11 is 1.18. The van der Waals surface area contributed by atoms with Gasteiger partial charge in [-0.3, -0.25) is 9.59 Å². The fraction of sp³-hybridized carbons (Fsp3) is 0.167. The van der Waals surface area contributed by atoms with Crippen LogP contribution in [0.4, 0.5) is 0 Å². The number of thiazole rings is 1. The third kappa shape index (κ3) is 1.27. The van der Waals surface area contributed by atoms with E-state index in [4.69, 9.17) is 0 Å². The quantitative estimate of drug-likeness (QED) is 0.475. The molecule has 1 aromatic heterocycles. The predicted molar refractivity (Wildman–Crippen MR) is 37.5 cm³/mol. The van der Waals surface area contributed by atoms with Gasteiger partial charge in [0.15, 0.2) is 17.1 Å². The Balaban J connectivity index is 2.98. The lowest BCUT2D eigenvalue weighted by Crippen LogP contribution is -1.91. The van der Waals surface area contributed by atoms with Gasteiger partial charge in [-0.25, -0.2) is 4.98 Å². The molecule has 0 amide bonds. The molecule has 10 heavy (non-hydrogen) atoms. The molecule has 0 aliphatic carbocycles. The van der Waals surface area contributed by atoms with E-state index in [-0.39, 0.29) is 5.78 Å². The minimum atomic E-state index is -0.107. The van der Waals surface area contributed by atoms with Gasteiger partial charge in [-0.2, -0.15) is 0 Å². The lowest BCUT2D eigenvalue weighted by atomic mass is 10.4. The summed E-state index contributed by atoms with van der Waals surface area (Å²) in [4.78, 5) is 24.4. The molecule has 0 aliphatic rings. The fourth-order valence-electron chi connectivity index (χ4n) is 0.503. The zero-order valence-corrected chi connectivity index (χ0v) is 6.14. The van der Waals surface area contributed by atoms with Crippen molar-refractivity contribution in [3.63, 3.8) is 0 Å². The molecule has 0 N–H and O–H groups in total. The van der Waals surface area contributed by atoms with Crippen molar-refractivity contribution in [1.82, 2.24) is 4.98 Å². The Kier molecular flexibility index (Phi) is 1.91. The van der Waals surface area contributed by atoms with Gasteiger partial charge < -0.3 is 0 Å². The molecule has 0 radical (unpaired) electrons. The summed E-state index contributed by atoms with van der Waals surface area (Å²) in [5, 5.41) is 1.93. The molecule has 0 saturated carbocycles. The number of carbonyl (C=O) groups is 2. The van der Waals surface area contributed by atoms with Gasteiger partial charge in [-0.1, -0.05) is 0 Å². The maximum atomic E-state index is 10.6. The van der Waals surface area contributed by atoms with Gasteiger partial charge >= 0.3 is 0 Å². The van der Waals surface area contributed by atoms with E-state index in [2.05, 4.69) is 4.98 Å². The van der Waals surface area contributed by atoms with E-state index in [0.29, 0.717) is 17.0 Å². The van der Waals surface area contributed by atoms with Crippen molar-refractivity contribution in [2.75, 3.05) is 0 Å². The number of rotatable bonds is 2. The van der Waals surface area contributed by atoms with Crippen molar-refractivity contribution in [3.8, 4) is 0 Å². The molecule has 1 aromatic rings. The molecule has 3 nitrogen and oxygen atoms in total. The number of carbonyl (C=O) groups excluding carboxylic acids is 2. The van der Waals surface area contributed by atoms with Crippen molar-refractivity contribution in [2.45, 2.75) is 6.92 Å². The maximum Gasteiger partial charge on any atom is 0.178 e. The Morgan fingerprint density at radius 1 is 1.80 bits per heavy atom. The topological polar surface area (TPSA) is 47.0 Å². The Morgan fingerprint density at radius 2 is 2.50 bits per heavy atom. The van der Waals surface area contributed by atoms with Crippen LogP contribution in [0.5, 0.6) is 0 Å². The Morgan fingerprint density at radius 3 is 2.80 bits per heavy atom. The van der Waals surface area contributed by atoms with Crippen LogP contribution < -0.4 is 0 Å². The highest BCUT2D eigenvalue weighted by molar-refractivity contribution is 7.11. The number of aldehydes is 1. The van der Waals surface area contributed by atoms with Gasteiger partial charge in [-0.05, 0) is 0 Å². The number of ketones is 1. The van der Waals surface area contributed by atoms with Gasteiger partial charge in [0.2, 0.25) is 0 Å². The molecule has 0 aromatic carbocycles. The third-order valence-electron chi connectivity index (χ3n) is 0.983. The van der Waals surface area contributed by atoms with E-state index < -0.39 is 0 Å². The largest absolute Gasteiger partial charge is 0.295 e. The fourth-order valence-corrected chi connectivity index (χ4v) is 1.16. The van der Waals surface area contributed by atoms with Crippen LogP contribution >= 0.6 is 11.3 Å². The van der Waals surface area contributed by atoms with Crippen LogP contribution in [0.15, 0.2) is 5.38 Å². The third-order valence-corrected chi connectivity index (χ3v) is 1.75. The minimum Gasteiger partial charge on any atom is -0.295 e. The Labute approximate surface area is 61.7 Å². The molecule has 0 atom stereocenters. The van der Waals surface area contributed by atoms with E-state index in [1.54, 1.807) is 5.38 Å². The summed E-state index contributed by atoms with van der Waals surface area (Å²) in [6.07, 6.45) is 0.636. The van der Waals surface area contributed by atoms with E-state index in [1.807, 2.05) is 0 Å². The van der Waals surface area contributed by atoms with Gasteiger partial charge in [0.1, 0.15) is 5.69 Å². The van der Waals surface area contributed by atoms with Crippen LogP contribution in [0.3, 0.4) is 0 Å². The molecule has 0 bridgehead atoms. The second-order valence-corrected chi connectivity index (χ2v) is 2.63. The summed E-state index contributed by atoms with van der Waals surface area (Å²) in [6.45, 7) is 1.42. The van der Waals surface area contributed by atoms with Gasteiger partial charge in [-0.15, -0.1) is 11.3 Å². The van der Waals surface area contributed by atoms with Crippen molar-refractivity contribution in [1.29, 1.82) is 0 Å². The highest BCUT2D eigenvalue weighted by Crippen LogP contribution is 2.06. The summed E-state index contributed by atoms with van der Waals surface area (Å²) in [5.74, 6) is -0.107. The second kappa shape index (κ2) is 2.70. The molecule has 0 unspecified atom stereocenters. The molecule has 0 fully saturated rings. The molecule has 0 spiro atoms. The second-order valence-electron chi connectivity index (χ2n) is 1.75. The SMILES string of the molecule is CC(=O)c1csc(C=O)n1. The van der Waals surface area contributed by atoms with Crippen LogP contribution in [0.2, 0.25) is 0 Å². The molecular formula is C6H5NO2S. The van der Waals surface area contributed by atoms with Crippen LogP contribution in [-0.2, 0) is 0 Å². The van der Waals surface area contributed by atoms with Crippen LogP contribution in [0.25, 0.3) is 0 Å². The molecule has 1 rings (SSSR count). The number of hydrogen-bond acceptors (Lipinski definition) is 4. The Hall–Kier alpha value is -1.03. The van der Waals surface area contributed by atoms with Crippen LogP contribution in [0.1, 0.15) is 27.2 Å². The first-order chi connectivity index (χ1) is 4.74. The smallest absolute Gasteiger partial charge is 0.178 e. The highest BCUT2D eigenvalue weighted by Gasteiger charge is 2.03. The average molecular weight is 155 g/mol. The summed E-state index contributed by atoms with van der Waals surface area (Å²) in [5.41, 5.74) is 0.368. The van der Waals surface area contributed by atoms with Crippen molar-refractivity contribution in [2.24, 2.45) is 0 Å². The van der Waals surface area contributed by atoms with Crippen molar-refractivity contribution >= 4 is 23.4 Å². The average Bonchev–Trinajstić information content (AvgIpc) is 2.34. The maximum absolute atomic E-state index is 10.6. The van der Waals surface area contributed by atoms with Gasteiger partial charge in [0.25, 0.3) is 0 Å². The molecule has 0 saturated heterocycles. The summed E-state index contributed by atoms with van der Waals surface area (Å²) in [6, 6.07) is 0. The first kappa shape index (κ1) is 7.08. The van der Waals surface area contributed by atoms with E-state index >= 15 is 0 Å². The molecule has 4 heteroatoms. The number of aromatic nitrogens is 1. The van der Waals surface area contributed by atoms with Crippen LogP contribution in [0, 0.1) is 0 Å². The highest BCUT2D eigenvalue weighted by atomic mass is 32.1. The number of nitrogens with zero attached hydrogens (tertiary/aromatic N) is 1. The molecule has 1 heterocycles. The molecule has 52 valence electrons. The number of hydrogen-bond donors (Lipinski definition) is 0. The van der Waals surface area contributed by atoms with E-state index in [9.17, 15) is 9.59 Å². The van der Waals surface area contributed by atoms with Crippen molar-refractivity contribution in [3.05, 3.63) is 16.1 Å². The standard InChI is InChI=1S/C6H5NO2S/c1-4(9)5-3-10-6(2-8)7-5/h2-3H,1H3. The zero-order chi connectivity index (χ0) is 7.56. The zero-order valence-electron chi connectivity index (χ0n) is 5.33. The monoisotopic (exact) mass is 155 g/mol. The summed E-state index contributed by atoms with van der Waals surface area (Å²) < 4.78 is 0. The molecular weight excluding hydrogens is 150 g/mol. The predicted octanol–water partition coefficient (Wildman–Crippen LogP) is 1.16. The first-order valence-corrected chi connectivity index (χ1v) is 3.53. The lowest BCUT2D eigenvalue weighted by molar-refractivity contribution is 0.101. The van der Waals surface area contributed by atoms with Crippen LogP contribution in [-0.4, -0.2) is 17.1 Å². The van der Waals surface area contributed by atoms with Gasteiger partial charge in [0.05, 0.1) is 0 Å². The first-order valence-electron chi connectivity index (χ1n) is 2.65. The Bertz CT molecular complexity index is 266. The van der Waals surface area contributed by atoms with E-state index in [1.165, 1.54) is 18.3 Å². The van der Waals surface area contributed by atoms with Crippen molar-refractivity contribution < 1.29 is 9.59 Å².